The number of aliphatic imine (C=N–C) groups is 1. The van der Waals surface area contributed by atoms with Gasteiger partial charge in [0, 0.05) is 17.2 Å². The van der Waals surface area contributed by atoms with Crippen molar-refractivity contribution in [1.82, 2.24) is 0 Å². The molecular formula is C21H24F2N2O3. The van der Waals surface area contributed by atoms with Crippen LogP contribution in [0.2, 0.25) is 0 Å². The third-order valence-corrected chi connectivity index (χ3v) is 6.25. The molecule has 1 aromatic rings. The van der Waals surface area contributed by atoms with Gasteiger partial charge in [-0.2, -0.15) is 9.65 Å². The second-order valence-electron chi connectivity index (χ2n) is 7.96. The number of nitriles is 1. The molecule has 1 aliphatic carbocycles. The van der Waals surface area contributed by atoms with Gasteiger partial charge in [0.05, 0.1) is 30.6 Å². The molecule has 0 radical (unpaired) electrons. The molecule has 4 atom stereocenters. The third kappa shape index (κ3) is 3.25. The summed E-state index contributed by atoms with van der Waals surface area (Å²) < 4.78 is 33.2. The second kappa shape index (κ2) is 7.50. The van der Waals surface area contributed by atoms with E-state index in [0.29, 0.717) is 18.1 Å². The predicted octanol–water partition coefficient (Wildman–Crippen LogP) is 4.32. The van der Waals surface area contributed by atoms with E-state index in [0.717, 1.165) is 25.3 Å². The molecule has 150 valence electrons. The molecule has 0 amide bonds. The Morgan fingerprint density at radius 3 is 2.61 bits per heavy atom. The zero-order valence-corrected chi connectivity index (χ0v) is 16.2. The van der Waals surface area contributed by atoms with Gasteiger partial charge in [-0.05, 0) is 38.7 Å². The number of ether oxygens (including phenoxy) is 1. The summed E-state index contributed by atoms with van der Waals surface area (Å²) in [5.41, 5.74) is -0.755. The van der Waals surface area contributed by atoms with Crippen molar-refractivity contribution in [2.24, 2.45) is 22.2 Å². The highest BCUT2D eigenvalue weighted by atomic mass is 19.2. The van der Waals surface area contributed by atoms with Gasteiger partial charge in [0.15, 0.2) is 11.6 Å². The Hall–Kier alpha value is -2.49. The zero-order chi connectivity index (χ0) is 20.6. The number of carboxylic acid groups (broad SMARTS) is 1. The van der Waals surface area contributed by atoms with E-state index in [4.69, 9.17) is 4.74 Å². The molecule has 1 saturated carbocycles. The Balaban J connectivity index is 2.17. The number of benzene rings is 1. The van der Waals surface area contributed by atoms with E-state index in [1.54, 1.807) is 13.8 Å². The summed E-state index contributed by atoms with van der Waals surface area (Å²) in [7, 11) is 1.20. The van der Waals surface area contributed by atoms with Gasteiger partial charge in [-0.3, -0.25) is 9.79 Å². The lowest BCUT2D eigenvalue weighted by atomic mass is 9.60. The molecule has 1 aromatic carbocycles. The van der Waals surface area contributed by atoms with Crippen molar-refractivity contribution in [2.75, 3.05) is 7.11 Å². The van der Waals surface area contributed by atoms with E-state index in [1.807, 2.05) is 0 Å². The number of carboxylic acids is 1. The van der Waals surface area contributed by atoms with Crippen LogP contribution in [0.5, 0.6) is 5.75 Å². The van der Waals surface area contributed by atoms with E-state index in [2.05, 4.69) is 11.1 Å². The molecule has 0 aromatic heterocycles. The summed E-state index contributed by atoms with van der Waals surface area (Å²) in [5, 5.41) is 20.0. The maximum Gasteiger partial charge on any atom is 0.312 e. The zero-order valence-electron chi connectivity index (χ0n) is 16.2. The van der Waals surface area contributed by atoms with Gasteiger partial charge in [-0.1, -0.05) is 18.9 Å². The van der Waals surface area contributed by atoms with Crippen LogP contribution in [0.3, 0.4) is 0 Å². The number of aliphatic carboxylic acids is 1. The summed E-state index contributed by atoms with van der Waals surface area (Å²) in [6.07, 6.45) is 3.72. The van der Waals surface area contributed by atoms with Gasteiger partial charge >= 0.3 is 5.97 Å². The van der Waals surface area contributed by atoms with Crippen LogP contribution in [-0.4, -0.2) is 29.9 Å². The molecule has 0 spiro atoms. The quantitative estimate of drug-likeness (QED) is 0.784. The van der Waals surface area contributed by atoms with Crippen molar-refractivity contribution in [2.45, 2.75) is 51.5 Å². The molecule has 1 aliphatic heterocycles. The molecule has 4 unspecified atom stereocenters. The summed E-state index contributed by atoms with van der Waals surface area (Å²) in [4.78, 5) is 17.0. The number of methoxy groups -OCH3 is 1. The van der Waals surface area contributed by atoms with Crippen LogP contribution in [0.15, 0.2) is 17.1 Å². The number of hydrogen-bond acceptors (Lipinski definition) is 4. The van der Waals surface area contributed by atoms with Crippen LogP contribution in [-0.2, 0) is 4.79 Å². The van der Waals surface area contributed by atoms with Crippen LogP contribution in [0.25, 0.3) is 0 Å². The predicted molar refractivity (Wildman–Crippen MR) is 99.4 cm³/mol. The van der Waals surface area contributed by atoms with Crippen molar-refractivity contribution < 1.29 is 23.4 Å². The summed E-state index contributed by atoms with van der Waals surface area (Å²) >= 11 is 0. The number of nitrogens with zero attached hydrogens (tertiary/aromatic N) is 2. The monoisotopic (exact) mass is 390 g/mol. The molecule has 0 bridgehead atoms. The van der Waals surface area contributed by atoms with Crippen molar-refractivity contribution in [3.05, 3.63) is 29.3 Å². The average molecular weight is 390 g/mol. The van der Waals surface area contributed by atoms with Crippen molar-refractivity contribution >= 4 is 11.7 Å². The highest BCUT2D eigenvalue weighted by Crippen LogP contribution is 2.53. The highest BCUT2D eigenvalue weighted by Gasteiger charge is 2.56. The van der Waals surface area contributed by atoms with Gasteiger partial charge in [-0.25, -0.2) is 4.39 Å². The summed E-state index contributed by atoms with van der Waals surface area (Å²) in [6.45, 7) is 3.25. The SMILES string of the molecule is COc1c(C2C(C#N)C(C)=NC(CCC3CC3)C2(C)C(=O)O)ccc(F)c1F. The van der Waals surface area contributed by atoms with Gasteiger partial charge in [0.2, 0.25) is 5.82 Å². The van der Waals surface area contributed by atoms with Crippen LogP contribution >= 0.6 is 0 Å². The average Bonchev–Trinajstić information content (AvgIpc) is 3.48. The minimum absolute atomic E-state index is 0.184. The first-order valence-corrected chi connectivity index (χ1v) is 9.44. The van der Waals surface area contributed by atoms with E-state index < -0.39 is 40.9 Å². The molecule has 3 rings (SSSR count). The van der Waals surface area contributed by atoms with Gasteiger partial charge in [0.25, 0.3) is 0 Å². The summed E-state index contributed by atoms with van der Waals surface area (Å²) in [5.74, 6) is -4.93. The highest BCUT2D eigenvalue weighted by molar-refractivity contribution is 5.92. The van der Waals surface area contributed by atoms with Crippen LogP contribution in [0.4, 0.5) is 8.78 Å². The normalized spacial score (nSPS) is 29.7. The van der Waals surface area contributed by atoms with E-state index in [-0.39, 0.29) is 11.3 Å². The Kier molecular flexibility index (Phi) is 5.42. The topological polar surface area (TPSA) is 82.7 Å². The van der Waals surface area contributed by atoms with Crippen molar-refractivity contribution in [3.63, 3.8) is 0 Å². The molecule has 2 aliphatic rings. The molecule has 5 nitrogen and oxygen atoms in total. The van der Waals surface area contributed by atoms with Gasteiger partial charge in [-0.15, -0.1) is 0 Å². The first kappa shape index (κ1) is 20.2. The van der Waals surface area contributed by atoms with E-state index in [1.165, 1.54) is 13.2 Å². The number of halogens is 2. The fraction of sp³-hybridized carbons (Fsp3) is 0.571. The van der Waals surface area contributed by atoms with E-state index >= 15 is 0 Å². The smallest absolute Gasteiger partial charge is 0.312 e. The fourth-order valence-electron chi connectivity index (χ4n) is 4.36. The fourth-order valence-corrected chi connectivity index (χ4v) is 4.36. The van der Waals surface area contributed by atoms with Gasteiger partial charge < -0.3 is 9.84 Å². The lowest BCUT2D eigenvalue weighted by molar-refractivity contribution is -0.151. The third-order valence-electron chi connectivity index (χ3n) is 6.25. The molecule has 1 N–H and O–H groups in total. The minimum atomic E-state index is -1.45. The Morgan fingerprint density at radius 2 is 2.07 bits per heavy atom. The first-order valence-electron chi connectivity index (χ1n) is 9.44. The van der Waals surface area contributed by atoms with Crippen molar-refractivity contribution in [1.29, 1.82) is 5.26 Å². The number of carbonyl (C=O) groups is 1. The minimum Gasteiger partial charge on any atom is -0.493 e. The molecule has 1 heterocycles. The second-order valence-corrected chi connectivity index (χ2v) is 7.96. The summed E-state index contributed by atoms with van der Waals surface area (Å²) in [6, 6.07) is 3.84. The largest absolute Gasteiger partial charge is 0.493 e. The lowest BCUT2D eigenvalue weighted by Crippen LogP contribution is -2.51. The lowest BCUT2D eigenvalue weighted by Gasteiger charge is -2.45. The maximum atomic E-state index is 14.4. The number of rotatable bonds is 6. The van der Waals surface area contributed by atoms with E-state index in [9.17, 15) is 23.9 Å². The standard InChI is InChI=1S/C21H24F2N2O3/c1-11-14(10-24)17(13-7-8-15(22)18(23)19(13)28-3)21(2,20(26)27)16(25-11)9-6-12-4-5-12/h7-8,12,14,16-17H,4-6,9H2,1-3H3,(H,26,27). The Labute approximate surface area is 163 Å². The molecule has 28 heavy (non-hydrogen) atoms. The Morgan fingerprint density at radius 1 is 1.39 bits per heavy atom. The van der Waals surface area contributed by atoms with Crippen molar-refractivity contribution in [3.8, 4) is 11.8 Å². The van der Waals surface area contributed by atoms with Gasteiger partial charge in [0.1, 0.15) is 0 Å². The van der Waals surface area contributed by atoms with Crippen LogP contribution < -0.4 is 4.74 Å². The number of hydrogen-bond donors (Lipinski definition) is 1. The molecule has 7 heteroatoms. The molecular weight excluding hydrogens is 366 g/mol. The first-order chi connectivity index (χ1) is 13.2. The maximum absolute atomic E-state index is 14.4. The van der Waals surface area contributed by atoms with Crippen LogP contribution in [0.1, 0.15) is 51.0 Å². The molecule has 1 fully saturated rings. The molecule has 0 saturated heterocycles. The van der Waals surface area contributed by atoms with Crippen LogP contribution in [0, 0.1) is 40.2 Å². The Bertz CT molecular complexity index is 860.